The third-order valence-corrected chi connectivity index (χ3v) is 3.32. The van der Waals surface area contributed by atoms with Gasteiger partial charge in [0.1, 0.15) is 6.10 Å². The van der Waals surface area contributed by atoms with Crippen LogP contribution in [-0.2, 0) is 6.42 Å². The molecule has 2 aromatic rings. The molecule has 0 aliphatic rings. The summed E-state index contributed by atoms with van der Waals surface area (Å²) in [7, 11) is 1.66. The summed E-state index contributed by atoms with van der Waals surface area (Å²) in [4.78, 5) is 0. The average Bonchev–Trinajstić information content (AvgIpc) is 2.47. The Balaban J connectivity index is 2.21. The molecule has 20 heavy (non-hydrogen) atoms. The zero-order chi connectivity index (χ0) is 14.5. The molecule has 3 nitrogen and oxygen atoms in total. The van der Waals surface area contributed by atoms with Gasteiger partial charge in [-0.2, -0.15) is 0 Å². The van der Waals surface area contributed by atoms with Crippen molar-refractivity contribution in [3.8, 4) is 11.5 Å². The lowest BCUT2D eigenvalue weighted by molar-refractivity contribution is 0.216. The molecule has 106 valence electrons. The van der Waals surface area contributed by atoms with E-state index >= 15 is 0 Å². The Morgan fingerprint density at radius 2 is 1.90 bits per heavy atom. The van der Waals surface area contributed by atoms with E-state index in [1.54, 1.807) is 7.11 Å². The smallest absolute Gasteiger partial charge is 0.162 e. The fourth-order valence-corrected chi connectivity index (χ4v) is 2.10. The van der Waals surface area contributed by atoms with Crippen molar-refractivity contribution >= 4 is 5.69 Å². The summed E-state index contributed by atoms with van der Waals surface area (Å²) in [6.07, 6.45) is 0.890. The van der Waals surface area contributed by atoms with Crippen LogP contribution in [0.15, 0.2) is 42.5 Å². The van der Waals surface area contributed by atoms with Crippen LogP contribution in [0.1, 0.15) is 31.1 Å². The molecule has 0 radical (unpaired) electrons. The van der Waals surface area contributed by atoms with Gasteiger partial charge in [-0.3, -0.25) is 0 Å². The maximum atomic E-state index is 6.00. The van der Waals surface area contributed by atoms with Gasteiger partial charge >= 0.3 is 0 Å². The van der Waals surface area contributed by atoms with E-state index in [0.29, 0.717) is 0 Å². The number of nitrogen functional groups attached to an aromatic ring is 1. The van der Waals surface area contributed by atoms with Crippen LogP contribution in [0.25, 0.3) is 0 Å². The summed E-state index contributed by atoms with van der Waals surface area (Å²) in [5.74, 6) is 1.51. The number of aryl methyl sites for hydroxylation is 1. The highest BCUT2D eigenvalue weighted by Crippen LogP contribution is 2.32. The number of anilines is 1. The summed E-state index contributed by atoms with van der Waals surface area (Å²) in [5, 5.41) is 0. The Bertz CT molecular complexity index is 581. The fourth-order valence-electron chi connectivity index (χ4n) is 2.10. The molecular weight excluding hydrogens is 250 g/mol. The molecule has 2 aromatic carbocycles. The molecular formula is C17H21NO2. The van der Waals surface area contributed by atoms with E-state index in [-0.39, 0.29) is 6.10 Å². The Labute approximate surface area is 120 Å². The number of benzene rings is 2. The van der Waals surface area contributed by atoms with Crippen LogP contribution in [0.2, 0.25) is 0 Å². The maximum Gasteiger partial charge on any atom is 0.162 e. The molecule has 0 amide bonds. The molecule has 0 spiro atoms. The van der Waals surface area contributed by atoms with Crippen molar-refractivity contribution in [1.29, 1.82) is 0 Å². The molecule has 1 unspecified atom stereocenters. The van der Waals surface area contributed by atoms with E-state index in [0.717, 1.165) is 29.2 Å². The zero-order valence-electron chi connectivity index (χ0n) is 12.2. The number of rotatable bonds is 5. The molecule has 0 heterocycles. The van der Waals surface area contributed by atoms with E-state index in [1.165, 1.54) is 5.56 Å². The first kappa shape index (κ1) is 14.3. The van der Waals surface area contributed by atoms with E-state index in [2.05, 4.69) is 13.0 Å². The van der Waals surface area contributed by atoms with Gasteiger partial charge in [0, 0.05) is 5.69 Å². The topological polar surface area (TPSA) is 44.5 Å². The molecule has 0 saturated heterocycles. The van der Waals surface area contributed by atoms with Gasteiger partial charge in [0.15, 0.2) is 11.5 Å². The van der Waals surface area contributed by atoms with Gasteiger partial charge in [-0.25, -0.2) is 0 Å². The second kappa shape index (κ2) is 6.33. The minimum atomic E-state index is -0.0834. The lowest BCUT2D eigenvalue weighted by atomic mass is 10.1. The summed E-state index contributed by atoms with van der Waals surface area (Å²) in [5.41, 5.74) is 8.82. The van der Waals surface area contributed by atoms with Crippen molar-refractivity contribution < 1.29 is 9.47 Å². The standard InChI is InChI=1S/C17H21NO2/c1-4-13-8-9-16(17(10-13)19-3)20-12(2)14-6-5-7-15(18)11-14/h5-12H,4,18H2,1-3H3. The van der Waals surface area contributed by atoms with Crippen LogP contribution >= 0.6 is 0 Å². The molecule has 0 saturated carbocycles. The average molecular weight is 271 g/mol. The summed E-state index contributed by atoms with van der Waals surface area (Å²) >= 11 is 0. The van der Waals surface area contributed by atoms with Gasteiger partial charge in [-0.15, -0.1) is 0 Å². The largest absolute Gasteiger partial charge is 0.493 e. The summed E-state index contributed by atoms with van der Waals surface area (Å²) in [6, 6.07) is 13.8. The lowest BCUT2D eigenvalue weighted by Gasteiger charge is -2.18. The zero-order valence-corrected chi connectivity index (χ0v) is 12.2. The number of nitrogens with two attached hydrogens (primary N) is 1. The number of methoxy groups -OCH3 is 1. The first-order valence-electron chi connectivity index (χ1n) is 6.83. The predicted molar refractivity (Wildman–Crippen MR) is 82.3 cm³/mol. The van der Waals surface area contributed by atoms with Crippen LogP contribution in [-0.4, -0.2) is 7.11 Å². The SMILES string of the molecule is CCc1ccc(OC(C)c2cccc(N)c2)c(OC)c1. The monoisotopic (exact) mass is 271 g/mol. The van der Waals surface area contributed by atoms with Crippen molar-refractivity contribution in [1.82, 2.24) is 0 Å². The maximum absolute atomic E-state index is 6.00. The minimum Gasteiger partial charge on any atom is -0.493 e. The highest BCUT2D eigenvalue weighted by Gasteiger charge is 2.11. The first-order valence-corrected chi connectivity index (χ1v) is 6.83. The van der Waals surface area contributed by atoms with Crippen LogP contribution in [0.5, 0.6) is 11.5 Å². The van der Waals surface area contributed by atoms with Gasteiger partial charge < -0.3 is 15.2 Å². The molecule has 0 aliphatic carbocycles. The molecule has 0 aliphatic heterocycles. The molecule has 0 aromatic heterocycles. The minimum absolute atomic E-state index is 0.0834. The lowest BCUT2D eigenvalue weighted by Crippen LogP contribution is -2.05. The van der Waals surface area contributed by atoms with Gasteiger partial charge in [0.05, 0.1) is 7.11 Å². The second-order valence-corrected chi connectivity index (χ2v) is 4.77. The van der Waals surface area contributed by atoms with Gasteiger partial charge in [-0.1, -0.05) is 25.1 Å². The highest BCUT2D eigenvalue weighted by molar-refractivity contribution is 5.44. The van der Waals surface area contributed by atoms with Crippen molar-refractivity contribution in [2.24, 2.45) is 0 Å². The molecule has 1 atom stereocenters. The highest BCUT2D eigenvalue weighted by atomic mass is 16.5. The molecule has 0 fully saturated rings. The van der Waals surface area contributed by atoms with Crippen LogP contribution in [0, 0.1) is 0 Å². The third kappa shape index (κ3) is 3.23. The van der Waals surface area contributed by atoms with Gasteiger partial charge in [0.2, 0.25) is 0 Å². The van der Waals surface area contributed by atoms with Crippen molar-refractivity contribution in [2.75, 3.05) is 12.8 Å². The van der Waals surface area contributed by atoms with E-state index in [9.17, 15) is 0 Å². The summed E-state index contributed by atoms with van der Waals surface area (Å²) in [6.45, 7) is 4.12. The number of ether oxygens (including phenoxy) is 2. The molecule has 0 bridgehead atoms. The Hall–Kier alpha value is -2.16. The summed E-state index contributed by atoms with van der Waals surface area (Å²) < 4.78 is 11.4. The Morgan fingerprint density at radius 1 is 1.10 bits per heavy atom. The van der Waals surface area contributed by atoms with Crippen LogP contribution in [0.4, 0.5) is 5.69 Å². The Kier molecular flexibility index (Phi) is 4.51. The fraction of sp³-hybridized carbons (Fsp3) is 0.294. The van der Waals surface area contributed by atoms with Crippen LogP contribution in [0.3, 0.4) is 0 Å². The first-order chi connectivity index (χ1) is 9.63. The predicted octanol–water partition coefficient (Wildman–Crippen LogP) is 3.98. The number of hydrogen-bond acceptors (Lipinski definition) is 3. The third-order valence-electron chi connectivity index (χ3n) is 3.32. The van der Waals surface area contributed by atoms with E-state index in [4.69, 9.17) is 15.2 Å². The molecule has 2 rings (SSSR count). The van der Waals surface area contributed by atoms with E-state index < -0.39 is 0 Å². The normalized spacial score (nSPS) is 11.9. The van der Waals surface area contributed by atoms with E-state index in [1.807, 2.05) is 43.3 Å². The molecule has 2 N–H and O–H groups in total. The van der Waals surface area contributed by atoms with Crippen LogP contribution < -0.4 is 15.2 Å². The van der Waals surface area contributed by atoms with Crippen molar-refractivity contribution in [3.63, 3.8) is 0 Å². The Morgan fingerprint density at radius 3 is 2.55 bits per heavy atom. The second-order valence-electron chi connectivity index (χ2n) is 4.77. The quantitative estimate of drug-likeness (QED) is 0.836. The van der Waals surface area contributed by atoms with Crippen molar-refractivity contribution in [2.45, 2.75) is 26.4 Å². The van der Waals surface area contributed by atoms with Gasteiger partial charge in [-0.05, 0) is 48.7 Å². The van der Waals surface area contributed by atoms with Gasteiger partial charge in [0.25, 0.3) is 0 Å². The number of hydrogen-bond donors (Lipinski definition) is 1. The van der Waals surface area contributed by atoms with Crippen molar-refractivity contribution in [3.05, 3.63) is 53.6 Å². The molecule has 3 heteroatoms.